The maximum absolute atomic E-state index is 13.6. The van der Waals surface area contributed by atoms with Crippen LogP contribution >= 0.6 is 0 Å². The number of benzene rings is 1. The number of Topliss-reactive ketones (excluding diaryl/α,β-unsaturated/α-hetero) is 1. The highest BCUT2D eigenvalue weighted by molar-refractivity contribution is 6.02. The molecule has 1 aromatic carbocycles. The van der Waals surface area contributed by atoms with Gasteiger partial charge in [-0.2, -0.15) is 8.78 Å². The van der Waals surface area contributed by atoms with Crippen molar-refractivity contribution in [2.75, 3.05) is 33.4 Å². The number of hydrogen-bond donors (Lipinski definition) is 0. The summed E-state index contributed by atoms with van der Waals surface area (Å²) in [6.07, 6.45) is 6.29. The van der Waals surface area contributed by atoms with Gasteiger partial charge in [-0.05, 0) is 56.3 Å². The van der Waals surface area contributed by atoms with Crippen LogP contribution < -0.4 is 14.2 Å². The Labute approximate surface area is 213 Å². The Balaban J connectivity index is 1.37. The first-order valence-electron chi connectivity index (χ1n) is 12.6. The lowest BCUT2D eigenvalue weighted by atomic mass is 10.00. The summed E-state index contributed by atoms with van der Waals surface area (Å²) in [5, 5.41) is 0. The Bertz CT molecular complexity index is 1260. The highest BCUT2D eigenvalue weighted by Crippen LogP contribution is 2.40. The molecule has 1 saturated heterocycles. The molecule has 10 heteroatoms. The third kappa shape index (κ3) is 6.01. The lowest BCUT2D eigenvalue weighted by Crippen LogP contribution is -2.38. The number of rotatable bonds is 11. The van der Waals surface area contributed by atoms with E-state index in [0.29, 0.717) is 48.8 Å². The van der Waals surface area contributed by atoms with E-state index < -0.39 is 12.8 Å². The van der Waals surface area contributed by atoms with Crippen LogP contribution in [0, 0.1) is 5.92 Å². The van der Waals surface area contributed by atoms with E-state index in [9.17, 15) is 18.0 Å². The van der Waals surface area contributed by atoms with E-state index >= 15 is 0 Å². The second-order valence-corrected chi connectivity index (χ2v) is 9.62. The van der Waals surface area contributed by atoms with Crippen LogP contribution in [0.25, 0.3) is 16.9 Å². The number of pyridine rings is 1. The lowest BCUT2D eigenvalue weighted by molar-refractivity contribution is -0.0502. The van der Waals surface area contributed by atoms with Crippen molar-refractivity contribution in [3.05, 3.63) is 42.2 Å². The number of imidazole rings is 1. The third-order valence-electron chi connectivity index (χ3n) is 6.86. The standard InChI is InChI=1S/C27H30F3N3O4/c1-35-23-12-18(13-24(37-27(29)30)26(23)22(34)11-17-4-5-17)21-15-31-25-14-20(6-8-33(21)25)36-10-9-32-7-2-3-19(28)16-32/h6,8,12-15,17,19,27H,2-5,7,9-11,16H2,1H3. The number of hydrogen-bond acceptors (Lipinski definition) is 6. The van der Waals surface area contributed by atoms with E-state index in [0.717, 1.165) is 25.8 Å². The number of piperidine rings is 1. The lowest BCUT2D eigenvalue weighted by Gasteiger charge is -2.28. The molecule has 1 atom stereocenters. The predicted molar refractivity (Wildman–Crippen MR) is 132 cm³/mol. The normalized spacial score (nSPS) is 18.4. The number of methoxy groups -OCH3 is 1. The molecule has 1 unspecified atom stereocenters. The Morgan fingerprint density at radius 1 is 1.19 bits per heavy atom. The maximum Gasteiger partial charge on any atom is 0.387 e. The van der Waals surface area contributed by atoms with Crippen LogP contribution in [0.2, 0.25) is 0 Å². The van der Waals surface area contributed by atoms with Crippen molar-refractivity contribution in [2.24, 2.45) is 5.92 Å². The van der Waals surface area contributed by atoms with E-state index in [1.807, 2.05) is 0 Å². The van der Waals surface area contributed by atoms with Crippen molar-refractivity contribution in [3.63, 3.8) is 0 Å². The largest absolute Gasteiger partial charge is 0.496 e. The van der Waals surface area contributed by atoms with Gasteiger partial charge in [-0.25, -0.2) is 9.37 Å². The van der Waals surface area contributed by atoms with Gasteiger partial charge in [0.2, 0.25) is 0 Å². The number of aromatic nitrogens is 2. The van der Waals surface area contributed by atoms with Crippen LogP contribution in [-0.4, -0.2) is 66.2 Å². The number of likely N-dealkylation sites (tertiary alicyclic amines) is 1. The minimum atomic E-state index is -3.09. The zero-order chi connectivity index (χ0) is 25.9. The molecule has 0 bridgehead atoms. The Kier molecular flexibility index (Phi) is 7.55. The fraction of sp³-hybridized carbons (Fsp3) is 0.481. The van der Waals surface area contributed by atoms with E-state index in [2.05, 4.69) is 9.88 Å². The van der Waals surface area contributed by atoms with Crippen LogP contribution in [-0.2, 0) is 0 Å². The zero-order valence-electron chi connectivity index (χ0n) is 20.7. The number of carbonyl (C=O) groups is 1. The summed E-state index contributed by atoms with van der Waals surface area (Å²) in [7, 11) is 1.40. The van der Waals surface area contributed by atoms with Gasteiger partial charge in [-0.15, -0.1) is 0 Å². The summed E-state index contributed by atoms with van der Waals surface area (Å²) in [5.74, 6) is 0.610. The first kappa shape index (κ1) is 25.4. The molecule has 2 aromatic heterocycles. The molecule has 0 N–H and O–H groups in total. The van der Waals surface area contributed by atoms with Crippen LogP contribution in [0.4, 0.5) is 13.2 Å². The molecule has 0 amide bonds. The van der Waals surface area contributed by atoms with E-state index in [4.69, 9.17) is 14.2 Å². The minimum absolute atomic E-state index is 0.0377. The first-order chi connectivity index (χ1) is 17.9. The summed E-state index contributed by atoms with van der Waals surface area (Å²) < 4.78 is 58.0. The Hall–Kier alpha value is -3.27. The molecule has 2 fully saturated rings. The summed E-state index contributed by atoms with van der Waals surface area (Å²) in [5.41, 5.74) is 1.76. The molecule has 0 spiro atoms. The van der Waals surface area contributed by atoms with Gasteiger partial charge < -0.3 is 14.2 Å². The minimum Gasteiger partial charge on any atom is -0.496 e. The van der Waals surface area contributed by atoms with E-state index in [1.165, 1.54) is 13.2 Å². The van der Waals surface area contributed by atoms with Crippen molar-refractivity contribution in [1.29, 1.82) is 0 Å². The van der Waals surface area contributed by atoms with Gasteiger partial charge >= 0.3 is 6.61 Å². The SMILES string of the molecule is COc1cc(-c2cnc3cc(OCCN4CCCC(F)C4)ccn23)cc(OC(F)F)c1C(=O)CC1CC1. The molecule has 1 aliphatic heterocycles. The number of nitrogens with zero attached hydrogens (tertiary/aromatic N) is 3. The van der Waals surface area contributed by atoms with Crippen LogP contribution in [0.3, 0.4) is 0 Å². The summed E-state index contributed by atoms with van der Waals surface area (Å²) in [4.78, 5) is 19.4. The van der Waals surface area contributed by atoms with Gasteiger partial charge in [-0.3, -0.25) is 14.1 Å². The summed E-state index contributed by atoms with van der Waals surface area (Å²) in [6.45, 7) is -0.701. The van der Waals surface area contributed by atoms with Gasteiger partial charge in [0, 0.05) is 37.3 Å². The molecule has 0 radical (unpaired) electrons. The quantitative estimate of drug-likeness (QED) is 0.317. The maximum atomic E-state index is 13.6. The number of alkyl halides is 3. The van der Waals surface area contributed by atoms with Crippen molar-refractivity contribution < 1.29 is 32.2 Å². The highest BCUT2D eigenvalue weighted by atomic mass is 19.3. The number of halogens is 3. The Morgan fingerprint density at radius 2 is 2.00 bits per heavy atom. The molecule has 1 aliphatic carbocycles. The average molecular weight is 518 g/mol. The van der Waals surface area contributed by atoms with Crippen molar-refractivity contribution in [1.82, 2.24) is 14.3 Å². The Morgan fingerprint density at radius 3 is 2.73 bits per heavy atom. The second-order valence-electron chi connectivity index (χ2n) is 9.62. The molecule has 3 aromatic rings. The first-order valence-corrected chi connectivity index (χ1v) is 12.6. The second kappa shape index (κ2) is 11.0. The molecule has 37 heavy (non-hydrogen) atoms. The molecule has 198 valence electrons. The molecular weight excluding hydrogens is 487 g/mol. The van der Waals surface area contributed by atoms with Crippen LogP contribution in [0.1, 0.15) is 42.5 Å². The number of ketones is 1. The molecule has 7 nitrogen and oxygen atoms in total. The monoisotopic (exact) mass is 517 g/mol. The average Bonchev–Trinajstić information content (AvgIpc) is 3.58. The molecule has 2 aliphatic rings. The summed E-state index contributed by atoms with van der Waals surface area (Å²) in [6, 6.07) is 6.63. The molecular formula is C27H30F3N3O4. The van der Waals surface area contributed by atoms with Gasteiger partial charge in [0.15, 0.2) is 5.78 Å². The fourth-order valence-electron chi connectivity index (χ4n) is 4.81. The molecule has 5 rings (SSSR count). The molecule has 1 saturated carbocycles. The van der Waals surface area contributed by atoms with Gasteiger partial charge in [0.25, 0.3) is 0 Å². The zero-order valence-corrected chi connectivity index (χ0v) is 20.7. The fourth-order valence-corrected chi connectivity index (χ4v) is 4.81. The van der Waals surface area contributed by atoms with Crippen molar-refractivity contribution in [3.8, 4) is 28.5 Å². The van der Waals surface area contributed by atoms with Crippen LogP contribution in [0.5, 0.6) is 17.2 Å². The third-order valence-corrected chi connectivity index (χ3v) is 6.86. The highest BCUT2D eigenvalue weighted by Gasteiger charge is 2.30. The molecule has 3 heterocycles. The number of ether oxygens (including phenoxy) is 3. The van der Waals surface area contributed by atoms with Crippen LogP contribution in [0.15, 0.2) is 36.7 Å². The van der Waals surface area contributed by atoms with Crippen molar-refractivity contribution >= 4 is 11.4 Å². The predicted octanol–water partition coefficient (Wildman–Crippen LogP) is 5.41. The topological polar surface area (TPSA) is 65.3 Å². The van der Waals surface area contributed by atoms with Crippen molar-refractivity contribution in [2.45, 2.75) is 44.9 Å². The smallest absolute Gasteiger partial charge is 0.387 e. The summed E-state index contributed by atoms with van der Waals surface area (Å²) >= 11 is 0. The van der Waals surface area contributed by atoms with Gasteiger partial charge in [-0.1, -0.05) is 0 Å². The van der Waals surface area contributed by atoms with E-state index in [-0.39, 0.29) is 35.2 Å². The van der Waals surface area contributed by atoms with Gasteiger partial charge in [0.1, 0.15) is 41.2 Å². The van der Waals surface area contributed by atoms with E-state index in [1.54, 1.807) is 35.0 Å². The number of fused-ring (bicyclic) bond motifs is 1. The number of carbonyl (C=O) groups excluding carboxylic acids is 1. The van der Waals surface area contributed by atoms with Gasteiger partial charge in [0.05, 0.1) is 19.0 Å².